The first-order chi connectivity index (χ1) is 11.4. The van der Waals surface area contributed by atoms with Crippen LogP contribution in [0.4, 0.5) is 8.78 Å². The van der Waals surface area contributed by atoms with Gasteiger partial charge >= 0.3 is 0 Å². The number of carbonyl (C=O) groups excluding carboxylic acids is 1. The molecule has 0 spiro atoms. The SMILES string of the molecule is Cc1nn(C)c(C)c1[C@H]1COCCN1C(=O)c1ccc(F)cc1F. The highest BCUT2D eigenvalue weighted by atomic mass is 19.1. The minimum atomic E-state index is -0.857. The van der Waals surface area contributed by atoms with E-state index in [1.165, 1.54) is 6.07 Å². The molecule has 128 valence electrons. The minimum Gasteiger partial charge on any atom is -0.377 e. The Labute approximate surface area is 138 Å². The van der Waals surface area contributed by atoms with Crippen LogP contribution in [-0.4, -0.2) is 40.3 Å². The zero-order valence-corrected chi connectivity index (χ0v) is 13.8. The van der Waals surface area contributed by atoms with E-state index in [9.17, 15) is 13.6 Å². The van der Waals surface area contributed by atoms with Crippen LogP contribution < -0.4 is 0 Å². The standard InChI is InChI=1S/C17H19F2N3O2/c1-10-16(11(2)21(3)20-10)15-9-24-7-6-22(15)17(23)13-5-4-12(18)8-14(13)19/h4-5,8,15H,6-7,9H2,1-3H3/t15-/m1/s1. The lowest BCUT2D eigenvalue weighted by Gasteiger charge is -2.36. The number of carbonyl (C=O) groups is 1. The molecule has 1 amide bonds. The second-order valence-electron chi connectivity index (χ2n) is 5.92. The third-order valence-corrected chi connectivity index (χ3v) is 4.45. The quantitative estimate of drug-likeness (QED) is 0.847. The Kier molecular flexibility index (Phi) is 4.36. The van der Waals surface area contributed by atoms with Gasteiger partial charge in [0.15, 0.2) is 0 Å². The van der Waals surface area contributed by atoms with E-state index in [0.29, 0.717) is 19.8 Å². The van der Waals surface area contributed by atoms with Crippen LogP contribution in [-0.2, 0) is 11.8 Å². The van der Waals surface area contributed by atoms with Gasteiger partial charge in [-0.2, -0.15) is 5.10 Å². The third-order valence-electron chi connectivity index (χ3n) is 4.45. The zero-order chi connectivity index (χ0) is 17.4. The molecule has 0 saturated carbocycles. The largest absolute Gasteiger partial charge is 0.377 e. The van der Waals surface area contributed by atoms with Crippen LogP contribution in [0.15, 0.2) is 18.2 Å². The summed E-state index contributed by atoms with van der Waals surface area (Å²) >= 11 is 0. The molecule has 2 aromatic rings. The molecule has 0 unspecified atom stereocenters. The molecule has 1 aliphatic heterocycles. The molecule has 1 aromatic heterocycles. The van der Waals surface area contributed by atoms with Crippen LogP contribution in [0.3, 0.4) is 0 Å². The molecule has 0 aliphatic carbocycles. The molecule has 1 fully saturated rings. The summed E-state index contributed by atoms with van der Waals surface area (Å²) in [6.07, 6.45) is 0. The Morgan fingerprint density at radius 2 is 2.08 bits per heavy atom. The van der Waals surface area contributed by atoms with Crippen molar-refractivity contribution in [2.75, 3.05) is 19.8 Å². The molecular weight excluding hydrogens is 316 g/mol. The van der Waals surface area contributed by atoms with Crippen molar-refractivity contribution in [2.24, 2.45) is 7.05 Å². The van der Waals surface area contributed by atoms with Crippen LogP contribution in [0.2, 0.25) is 0 Å². The monoisotopic (exact) mass is 335 g/mol. The van der Waals surface area contributed by atoms with Crippen molar-refractivity contribution in [1.29, 1.82) is 0 Å². The highest BCUT2D eigenvalue weighted by Crippen LogP contribution is 2.30. The van der Waals surface area contributed by atoms with Crippen molar-refractivity contribution >= 4 is 5.91 Å². The summed E-state index contributed by atoms with van der Waals surface area (Å²) in [5.41, 5.74) is 2.51. The number of morpholine rings is 1. The van der Waals surface area contributed by atoms with Gasteiger partial charge in [0.1, 0.15) is 11.6 Å². The summed E-state index contributed by atoms with van der Waals surface area (Å²) in [6.45, 7) is 4.84. The predicted molar refractivity (Wildman–Crippen MR) is 83.6 cm³/mol. The van der Waals surface area contributed by atoms with Gasteiger partial charge in [-0.1, -0.05) is 0 Å². The first-order valence-electron chi connectivity index (χ1n) is 7.74. The highest BCUT2D eigenvalue weighted by Gasteiger charge is 2.33. The van der Waals surface area contributed by atoms with Gasteiger partial charge in [-0.25, -0.2) is 8.78 Å². The molecule has 3 rings (SSSR count). The van der Waals surface area contributed by atoms with E-state index in [1.54, 1.807) is 9.58 Å². The van der Waals surface area contributed by atoms with Gasteiger partial charge in [-0.05, 0) is 26.0 Å². The number of amides is 1. The summed E-state index contributed by atoms with van der Waals surface area (Å²) in [5.74, 6) is -2.03. The summed E-state index contributed by atoms with van der Waals surface area (Å²) in [6, 6.07) is 2.65. The Morgan fingerprint density at radius 1 is 1.33 bits per heavy atom. The summed E-state index contributed by atoms with van der Waals surface area (Å²) in [4.78, 5) is 14.4. The lowest BCUT2D eigenvalue weighted by atomic mass is 10.0. The maximum atomic E-state index is 14.0. The number of hydrogen-bond donors (Lipinski definition) is 0. The van der Waals surface area contributed by atoms with Gasteiger partial charge in [-0.15, -0.1) is 0 Å². The highest BCUT2D eigenvalue weighted by molar-refractivity contribution is 5.94. The maximum absolute atomic E-state index is 14.0. The first kappa shape index (κ1) is 16.6. The molecule has 0 N–H and O–H groups in total. The number of ether oxygens (including phenoxy) is 1. The minimum absolute atomic E-state index is 0.137. The van der Waals surface area contributed by atoms with Gasteiger partial charge < -0.3 is 9.64 Å². The normalized spacial score (nSPS) is 18.0. The molecule has 2 heterocycles. The number of aryl methyl sites for hydroxylation is 2. The molecule has 7 heteroatoms. The van der Waals surface area contributed by atoms with E-state index in [-0.39, 0.29) is 11.6 Å². The molecular formula is C17H19F2N3O2. The Hall–Kier alpha value is -2.28. The number of aromatic nitrogens is 2. The second-order valence-corrected chi connectivity index (χ2v) is 5.92. The molecule has 1 saturated heterocycles. The fourth-order valence-corrected chi connectivity index (χ4v) is 3.18. The van der Waals surface area contributed by atoms with E-state index < -0.39 is 17.5 Å². The molecule has 24 heavy (non-hydrogen) atoms. The van der Waals surface area contributed by atoms with E-state index in [0.717, 1.165) is 29.1 Å². The molecule has 1 atom stereocenters. The smallest absolute Gasteiger partial charge is 0.257 e. The van der Waals surface area contributed by atoms with Gasteiger partial charge in [0.25, 0.3) is 5.91 Å². The number of rotatable bonds is 2. The average molecular weight is 335 g/mol. The fourth-order valence-electron chi connectivity index (χ4n) is 3.18. The molecule has 5 nitrogen and oxygen atoms in total. The van der Waals surface area contributed by atoms with E-state index >= 15 is 0 Å². The van der Waals surface area contributed by atoms with Crippen LogP contribution >= 0.6 is 0 Å². The van der Waals surface area contributed by atoms with Crippen LogP contribution in [0.1, 0.15) is 33.4 Å². The second kappa shape index (κ2) is 6.32. The van der Waals surface area contributed by atoms with Crippen molar-refractivity contribution in [3.05, 3.63) is 52.3 Å². The van der Waals surface area contributed by atoms with Crippen molar-refractivity contribution in [3.63, 3.8) is 0 Å². The summed E-state index contributed by atoms with van der Waals surface area (Å²) in [7, 11) is 1.83. The summed E-state index contributed by atoms with van der Waals surface area (Å²) in [5, 5.41) is 4.38. The first-order valence-corrected chi connectivity index (χ1v) is 7.74. The number of benzene rings is 1. The maximum Gasteiger partial charge on any atom is 0.257 e. The third kappa shape index (κ3) is 2.80. The molecule has 0 radical (unpaired) electrons. The Bertz CT molecular complexity index is 788. The lowest BCUT2D eigenvalue weighted by molar-refractivity contribution is -0.00328. The van der Waals surface area contributed by atoms with E-state index in [1.807, 2.05) is 20.9 Å². The van der Waals surface area contributed by atoms with E-state index in [2.05, 4.69) is 5.10 Å². The van der Waals surface area contributed by atoms with Crippen molar-refractivity contribution in [3.8, 4) is 0 Å². The molecule has 1 aliphatic rings. The van der Waals surface area contributed by atoms with Gasteiger partial charge in [0.05, 0.1) is 30.5 Å². The number of halogens is 2. The van der Waals surface area contributed by atoms with Crippen LogP contribution in [0.25, 0.3) is 0 Å². The fraction of sp³-hybridized carbons (Fsp3) is 0.412. The van der Waals surface area contributed by atoms with Gasteiger partial charge in [0.2, 0.25) is 0 Å². The Balaban J connectivity index is 1.99. The average Bonchev–Trinajstić information content (AvgIpc) is 2.79. The van der Waals surface area contributed by atoms with Gasteiger partial charge in [0, 0.05) is 30.9 Å². The van der Waals surface area contributed by atoms with Crippen molar-refractivity contribution in [2.45, 2.75) is 19.9 Å². The van der Waals surface area contributed by atoms with Crippen molar-refractivity contribution < 1.29 is 18.3 Å². The zero-order valence-electron chi connectivity index (χ0n) is 13.8. The van der Waals surface area contributed by atoms with E-state index in [4.69, 9.17) is 4.74 Å². The Morgan fingerprint density at radius 3 is 2.71 bits per heavy atom. The molecule has 1 aromatic carbocycles. The number of nitrogens with zero attached hydrogens (tertiary/aromatic N) is 3. The van der Waals surface area contributed by atoms with Crippen LogP contribution in [0.5, 0.6) is 0 Å². The number of hydrogen-bond acceptors (Lipinski definition) is 3. The predicted octanol–water partition coefficient (Wildman–Crippen LogP) is 2.53. The van der Waals surface area contributed by atoms with Crippen LogP contribution in [0, 0.1) is 25.5 Å². The lowest BCUT2D eigenvalue weighted by Crippen LogP contribution is -2.44. The summed E-state index contributed by atoms with van der Waals surface area (Å²) < 4.78 is 34.4. The topological polar surface area (TPSA) is 47.4 Å². The van der Waals surface area contributed by atoms with Gasteiger partial charge in [-0.3, -0.25) is 9.48 Å². The van der Waals surface area contributed by atoms with Crippen molar-refractivity contribution in [1.82, 2.24) is 14.7 Å². The molecule has 0 bridgehead atoms.